The molecule has 3 heterocycles. The van der Waals surface area contributed by atoms with E-state index in [1.807, 2.05) is 51.1 Å². The molecule has 0 spiro atoms. The van der Waals surface area contributed by atoms with Crippen LogP contribution < -0.4 is 18.9 Å². The van der Waals surface area contributed by atoms with Gasteiger partial charge in [-0.15, -0.1) is 0 Å². The quantitative estimate of drug-likeness (QED) is 0.137. The second-order valence-electron chi connectivity index (χ2n) is 21.2. The SMILES string of the molecule is COc1ccc2c(O[C@@H]3C[C@H]4C(=O)C[C@]5(C(=O)NS(=O)(=O)C6(C)CC6)C[C@H]5/C=C\CC[C@H](C)C[C@@H](C)[C@H](CC(=O)OC5C[C@@H]6C[C@@H]6C5)C(=O)N4C3)nc(-c3ccc(OC(C)C)c(F)c3)cc2c1. The third-order valence-electron chi connectivity index (χ3n) is 15.6. The van der Waals surface area contributed by atoms with Gasteiger partial charge < -0.3 is 23.8 Å². The highest BCUT2D eigenvalue weighted by Gasteiger charge is 2.63. The summed E-state index contributed by atoms with van der Waals surface area (Å²) in [6.45, 7) is 9.33. The Kier molecular flexibility index (Phi) is 12.7. The first-order chi connectivity index (χ1) is 31.8. The van der Waals surface area contributed by atoms with Gasteiger partial charge in [0.15, 0.2) is 17.3 Å². The third-order valence-corrected chi connectivity index (χ3v) is 17.7. The molecular weight excluding hydrogens is 878 g/mol. The highest BCUT2D eigenvalue weighted by molar-refractivity contribution is 7.91. The standard InChI is InChI=1S/C52H64FN3O10S/c1-29(2)64-46-14-11-32(22-42(46)53)43-23-35-21-37(63-6)12-13-40(35)48(54-43)66-39-24-44-45(57)27-52(50(60)55-67(61,62)51(5)15-16-51)26-36(52)10-8-7-9-30(3)17-31(4)41(49(59)56(44)28-39)25-47(58)65-38-19-33-18-34(33)20-38/h8,10-14,21-23,29-31,33-34,36,38-39,41,44H,7,9,15-20,24-28H2,1-6H3,(H,55,60)/b10-8-/t30-,31+,33-,34+,36+,38?,39+,41-,44-,52+/m0/s1. The number of halogens is 1. The summed E-state index contributed by atoms with van der Waals surface area (Å²) in [4.78, 5) is 64.7. The largest absolute Gasteiger partial charge is 0.497 e. The van der Waals surface area contributed by atoms with Crippen molar-refractivity contribution in [2.45, 2.75) is 141 Å². The molecule has 3 aromatic rings. The molecule has 5 fully saturated rings. The number of nitrogens with zero attached hydrogens (tertiary/aromatic N) is 2. The average Bonchev–Trinajstić information content (AvgIpc) is 4.24. The van der Waals surface area contributed by atoms with Crippen LogP contribution in [0.3, 0.4) is 0 Å². The molecule has 1 aromatic heterocycles. The number of sulfonamides is 1. The minimum absolute atomic E-state index is 0.0241. The van der Waals surface area contributed by atoms with Crippen LogP contribution in [0.2, 0.25) is 0 Å². The molecule has 360 valence electrons. The zero-order valence-electron chi connectivity index (χ0n) is 39.4. The van der Waals surface area contributed by atoms with Crippen LogP contribution in [0.5, 0.6) is 17.4 Å². The number of amides is 2. The van der Waals surface area contributed by atoms with Crippen molar-refractivity contribution in [2.75, 3.05) is 13.7 Å². The lowest BCUT2D eigenvalue weighted by Gasteiger charge is -2.32. The lowest BCUT2D eigenvalue weighted by molar-refractivity contribution is -0.155. The third kappa shape index (κ3) is 9.81. The van der Waals surface area contributed by atoms with E-state index in [4.69, 9.17) is 23.9 Å². The van der Waals surface area contributed by atoms with E-state index in [1.54, 1.807) is 32.2 Å². The zero-order valence-corrected chi connectivity index (χ0v) is 40.2. The van der Waals surface area contributed by atoms with Crippen molar-refractivity contribution in [3.05, 3.63) is 60.4 Å². The molecular formula is C52H64FN3O10S. The highest BCUT2D eigenvalue weighted by atomic mass is 32.2. The summed E-state index contributed by atoms with van der Waals surface area (Å²) in [7, 11) is -2.44. The van der Waals surface area contributed by atoms with Gasteiger partial charge in [-0.3, -0.25) is 23.9 Å². The topological polar surface area (TPSA) is 167 Å². The summed E-state index contributed by atoms with van der Waals surface area (Å²) >= 11 is 0. The molecule has 0 radical (unpaired) electrons. The maximum Gasteiger partial charge on any atom is 0.306 e. The zero-order chi connectivity index (χ0) is 47.6. The fraction of sp³-hybridized carbons (Fsp3) is 0.596. The van der Waals surface area contributed by atoms with Gasteiger partial charge in [0.25, 0.3) is 0 Å². The minimum atomic E-state index is -4.00. The molecule has 2 aliphatic heterocycles. The van der Waals surface area contributed by atoms with E-state index in [9.17, 15) is 18.0 Å². The Morgan fingerprint density at radius 3 is 2.45 bits per heavy atom. The Morgan fingerprint density at radius 1 is 0.985 bits per heavy atom. The van der Waals surface area contributed by atoms with Crippen molar-refractivity contribution in [3.63, 3.8) is 0 Å². The summed E-state index contributed by atoms with van der Waals surface area (Å²) in [5, 5.41) is 1.31. The predicted octanol–water partition coefficient (Wildman–Crippen LogP) is 8.51. The van der Waals surface area contributed by atoms with Crippen LogP contribution in [-0.2, 0) is 33.9 Å². The average molecular weight is 942 g/mol. The maximum atomic E-state index is 15.4. The van der Waals surface area contributed by atoms with Gasteiger partial charge >= 0.3 is 5.97 Å². The van der Waals surface area contributed by atoms with E-state index in [1.165, 1.54) is 17.4 Å². The van der Waals surface area contributed by atoms with Crippen LogP contribution in [0.25, 0.3) is 22.0 Å². The lowest BCUT2D eigenvalue weighted by atomic mass is 9.82. The van der Waals surface area contributed by atoms with Crippen molar-refractivity contribution in [2.24, 2.45) is 40.9 Å². The van der Waals surface area contributed by atoms with E-state index >= 15 is 14.0 Å². The summed E-state index contributed by atoms with van der Waals surface area (Å²) < 4.78 is 67.5. The Bertz CT molecular complexity index is 2590. The number of hydrogen-bond donors (Lipinski definition) is 1. The Hall–Kier alpha value is -5.05. The van der Waals surface area contributed by atoms with Crippen LogP contribution in [0.4, 0.5) is 4.39 Å². The molecule has 1 saturated heterocycles. The van der Waals surface area contributed by atoms with Crippen molar-refractivity contribution in [1.82, 2.24) is 14.6 Å². The smallest absolute Gasteiger partial charge is 0.306 e. The summed E-state index contributed by atoms with van der Waals surface area (Å²) in [6.07, 6.45) is 8.60. The van der Waals surface area contributed by atoms with E-state index in [0.29, 0.717) is 65.3 Å². The van der Waals surface area contributed by atoms with E-state index in [-0.39, 0.29) is 79.7 Å². The molecule has 4 saturated carbocycles. The van der Waals surface area contributed by atoms with Gasteiger partial charge in [0.2, 0.25) is 27.7 Å². The first kappa shape index (κ1) is 47.0. The summed E-state index contributed by atoms with van der Waals surface area (Å²) in [5.41, 5.74) is -0.447. The Labute approximate surface area is 393 Å². The first-order valence-corrected chi connectivity index (χ1v) is 25.7. The monoisotopic (exact) mass is 941 g/mol. The summed E-state index contributed by atoms with van der Waals surface area (Å²) in [5.74, 6) is -1.58. The van der Waals surface area contributed by atoms with Crippen LogP contribution in [0.15, 0.2) is 54.6 Å². The number of rotatable bonds is 12. The summed E-state index contributed by atoms with van der Waals surface area (Å²) in [6, 6.07) is 10.8. The maximum absolute atomic E-state index is 15.4. The number of methoxy groups -OCH3 is 1. The number of esters is 1. The van der Waals surface area contributed by atoms with Crippen LogP contribution in [0.1, 0.15) is 112 Å². The fourth-order valence-electron chi connectivity index (χ4n) is 11.0. The molecule has 2 amide bonds. The molecule has 9 rings (SSSR count). The molecule has 2 aromatic carbocycles. The first-order valence-electron chi connectivity index (χ1n) is 24.2. The number of pyridine rings is 1. The second kappa shape index (κ2) is 18.1. The number of nitrogens with one attached hydrogen (secondary N) is 1. The van der Waals surface area contributed by atoms with E-state index in [0.717, 1.165) is 19.3 Å². The number of allylic oxidation sites excluding steroid dienone is 2. The van der Waals surface area contributed by atoms with Crippen LogP contribution in [0, 0.1) is 46.7 Å². The number of ether oxygens (including phenoxy) is 4. The van der Waals surface area contributed by atoms with Crippen molar-refractivity contribution in [1.29, 1.82) is 0 Å². The molecule has 13 nitrogen and oxygen atoms in total. The number of carbonyl (C=O) groups excluding carboxylic acids is 4. The second-order valence-corrected chi connectivity index (χ2v) is 23.4. The predicted molar refractivity (Wildman–Crippen MR) is 249 cm³/mol. The van der Waals surface area contributed by atoms with Crippen molar-refractivity contribution < 1.29 is 50.9 Å². The van der Waals surface area contributed by atoms with Crippen molar-refractivity contribution in [3.8, 4) is 28.6 Å². The molecule has 10 atom stereocenters. The number of aromatic nitrogens is 1. The van der Waals surface area contributed by atoms with E-state index in [2.05, 4.69) is 11.6 Å². The van der Waals surface area contributed by atoms with Gasteiger partial charge in [0, 0.05) is 23.8 Å². The van der Waals surface area contributed by atoms with Crippen molar-refractivity contribution >= 4 is 44.4 Å². The minimum Gasteiger partial charge on any atom is -0.497 e. The number of benzene rings is 2. The number of carbonyl (C=O) groups is 4. The van der Waals surface area contributed by atoms with Crippen LogP contribution in [-0.4, -0.2) is 84.6 Å². The number of hydrogen-bond acceptors (Lipinski definition) is 11. The molecule has 1 N–H and O–H groups in total. The molecule has 0 bridgehead atoms. The molecule has 15 heteroatoms. The van der Waals surface area contributed by atoms with Gasteiger partial charge in [-0.25, -0.2) is 17.8 Å². The Balaban J connectivity index is 1.06. The fourth-order valence-corrected chi connectivity index (χ4v) is 12.3. The van der Waals surface area contributed by atoms with Gasteiger partial charge in [-0.05, 0) is 156 Å². The van der Waals surface area contributed by atoms with E-state index < -0.39 is 61.7 Å². The Morgan fingerprint density at radius 2 is 1.75 bits per heavy atom. The van der Waals surface area contributed by atoms with Gasteiger partial charge in [-0.1, -0.05) is 26.0 Å². The lowest BCUT2D eigenvalue weighted by Crippen LogP contribution is -2.48. The molecule has 6 aliphatic rings. The van der Waals surface area contributed by atoms with Crippen LogP contribution >= 0.6 is 0 Å². The number of Topliss-reactive ketones (excluding diaryl/α,β-unsaturated/α-hetero) is 1. The van der Waals surface area contributed by atoms with Gasteiger partial charge in [0.1, 0.15) is 18.0 Å². The molecule has 4 aliphatic carbocycles. The normalized spacial score (nSPS) is 31.7. The number of fused-ring (bicyclic) bond motifs is 4. The molecule has 1 unspecified atom stereocenters. The van der Waals surface area contributed by atoms with Gasteiger partial charge in [0.05, 0.1) is 54.0 Å². The van der Waals surface area contributed by atoms with Gasteiger partial charge in [-0.2, -0.15) is 0 Å². The molecule has 67 heavy (non-hydrogen) atoms. The number of ketones is 1. The highest BCUT2D eigenvalue weighted by Crippen LogP contribution is 2.58.